The van der Waals surface area contributed by atoms with Crippen LogP contribution in [0.4, 0.5) is 10.5 Å². The third-order valence-corrected chi connectivity index (χ3v) is 4.64. The van der Waals surface area contributed by atoms with Gasteiger partial charge < -0.3 is 4.74 Å². The fraction of sp³-hybridized carbons (Fsp3) is 0.100. The van der Waals surface area contributed by atoms with E-state index in [1.54, 1.807) is 55.5 Å². The van der Waals surface area contributed by atoms with Gasteiger partial charge in [-0.2, -0.15) is 0 Å². The summed E-state index contributed by atoms with van der Waals surface area (Å²) in [6.07, 6.45) is 1.49. The average molecular weight is 490 g/mol. The molecule has 28 heavy (non-hydrogen) atoms. The lowest BCUT2D eigenvalue weighted by atomic mass is 10.1. The minimum absolute atomic E-state index is 0.180. The van der Waals surface area contributed by atoms with Crippen LogP contribution >= 0.6 is 22.6 Å². The molecule has 8 heteroatoms. The van der Waals surface area contributed by atoms with Gasteiger partial charge in [-0.25, -0.2) is 9.69 Å². The number of hydrogen-bond acceptors (Lipinski definition) is 5. The highest BCUT2D eigenvalue weighted by Gasteiger charge is 2.36. The molecule has 2 aromatic carbocycles. The first-order chi connectivity index (χ1) is 13.4. The SMILES string of the molecule is CCC(=O)Oc1ccccc1C=C1C(=O)NC(=O)N(c2ccc(I)cc2)C1=O. The second-order valence-corrected chi connectivity index (χ2v) is 7.05. The molecule has 142 valence electrons. The van der Waals surface area contributed by atoms with Crippen LogP contribution in [0, 0.1) is 3.57 Å². The number of carbonyl (C=O) groups excluding carboxylic acids is 4. The summed E-state index contributed by atoms with van der Waals surface area (Å²) >= 11 is 2.11. The van der Waals surface area contributed by atoms with Crippen LogP contribution in [0.25, 0.3) is 6.08 Å². The van der Waals surface area contributed by atoms with Gasteiger partial charge in [0, 0.05) is 15.6 Å². The van der Waals surface area contributed by atoms with E-state index < -0.39 is 23.8 Å². The Labute approximate surface area is 174 Å². The minimum Gasteiger partial charge on any atom is -0.426 e. The number of amides is 4. The summed E-state index contributed by atoms with van der Waals surface area (Å²) in [5.41, 5.74) is 0.477. The molecule has 4 amide bonds. The Morgan fingerprint density at radius 2 is 1.79 bits per heavy atom. The highest BCUT2D eigenvalue weighted by molar-refractivity contribution is 14.1. The maximum Gasteiger partial charge on any atom is 0.335 e. The van der Waals surface area contributed by atoms with Gasteiger partial charge in [0.05, 0.1) is 5.69 Å². The number of barbiturate groups is 1. The van der Waals surface area contributed by atoms with Gasteiger partial charge in [0.2, 0.25) is 0 Å². The number of rotatable bonds is 4. The first-order valence-corrected chi connectivity index (χ1v) is 9.45. The molecule has 7 nitrogen and oxygen atoms in total. The Morgan fingerprint density at radius 3 is 2.46 bits per heavy atom. The van der Waals surface area contributed by atoms with E-state index in [0.717, 1.165) is 8.47 Å². The standard InChI is InChI=1S/C20H15IN2O5/c1-2-17(24)28-16-6-4-3-5-12(16)11-15-18(25)22-20(27)23(19(15)26)14-9-7-13(21)8-10-14/h3-11H,2H2,1H3,(H,22,25,27). The van der Waals surface area contributed by atoms with Gasteiger partial charge in [-0.15, -0.1) is 0 Å². The number of benzene rings is 2. The van der Waals surface area contributed by atoms with Crippen LogP contribution in [-0.2, 0) is 14.4 Å². The van der Waals surface area contributed by atoms with Crippen LogP contribution in [-0.4, -0.2) is 23.8 Å². The van der Waals surface area contributed by atoms with Crippen molar-refractivity contribution in [1.82, 2.24) is 5.32 Å². The number of para-hydroxylation sites is 1. The van der Waals surface area contributed by atoms with Crippen LogP contribution in [0.5, 0.6) is 5.75 Å². The predicted molar refractivity (Wildman–Crippen MR) is 111 cm³/mol. The van der Waals surface area contributed by atoms with Gasteiger partial charge >= 0.3 is 12.0 Å². The van der Waals surface area contributed by atoms with Crippen molar-refractivity contribution in [3.8, 4) is 5.75 Å². The van der Waals surface area contributed by atoms with Crippen LogP contribution in [0.1, 0.15) is 18.9 Å². The lowest BCUT2D eigenvalue weighted by Gasteiger charge is -2.26. The van der Waals surface area contributed by atoms with E-state index >= 15 is 0 Å². The van der Waals surface area contributed by atoms with Crippen molar-refractivity contribution in [2.45, 2.75) is 13.3 Å². The van der Waals surface area contributed by atoms with Crippen LogP contribution < -0.4 is 15.0 Å². The summed E-state index contributed by atoms with van der Waals surface area (Å²) in [5.74, 6) is -1.79. The predicted octanol–water partition coefficient (Wildman–Crippen LogP) is 3.27. The highest BCUT2D eigenvalue weighted by Crippen LogP contribution is 2.26. The lowest BCUT2D eigenvalue weighted by molar-refractivity contribution is -0.134. The fourth-order valence-corrected chi connectivity index (χ4v) is 2.88. The van der Waals surface area contributed by atoms with Gasteiger partial charge in [-0.3, -0.25) is 19.7 Å². The first kappa shape index (κ1) is 19.7. The molecule has 1 saturated heterocycles. The lowest BCUT2D eigenvalue weighted by Crippen LogP contribution is -2.54. The molecule has 0 bridgehead atoms. The molecule has 1 aliphatic rings. The Morgan fingerprint density at radius 1 is 1.11 bits per heavy atom. The number of anilines is 1. The van der Waals surface area contributed by atoms with Crippen LogP contribution in [0.3, 0.4) is 0 Å². The Bertz CT molecular complexity index is 998. The molecular formula is C20H15IN2O5. The minimum atomic E-state index is -0.820. The molecule has 1 aliphatic heterocycles. The summed E-state index contributed by atoms with van der Waals surface area (Å²) < 4.78 is 6.18. The molecule has 1 heterocycles. The van der Waals surface area contributed by atoms with E-state index in [1.165, 1.54) is 6.08 Å². The normalized spacial score (nSPS) is 15.6. The quantitative estimate of drug-likeness (QED) is 0.234. The van der Waals surface area contributed by atoms with Gasteiger partial charge in [-0.05, 0) is 59.0 Å². The van der Waals surface area contributed by atoms with E-state index in [4.69, 9.17) is 4.74 Å². The number of carbonyl (C=O) groups is 4. The summed E-state index contributed by atoms with van der Waals surface area (Å²) in [6.45, 7) is 1.66. The zero-order chi connectivity index (χ0) is 20.3. The molecule has 0 atom stereocenters. The van der Waals surface area contributed by atoms with Crippen molar-refractivity contribution >= 4 is 58.2 Å². The van der Waals surface area contributed by atoms with E-state index in [1.807, 2.05) is 0 Å². The number of ether oxygens (including phenoxy) is 1. The van der Waals surface area contributed by atoms with E-state index in [2.05, 4.69) is 27.9 Å². The monoisotopic (exact) mass is 490 g/mol. The third-order valence-electron chi connectivity index (χ3n) is 3.92. The Kier molecular flexibility index (Phi) is 5.88. The third kappa shape index (κ3) is 4.11. The van der Waals surface area contributed by atoms with Gasteiger partial charge in [0.25, 0.3) is 11.8 Å². The summed E-state index contributed by atoms with van der Waals surface area (Å²) in [6, 6.07) is 12.4. The Balaban J connectivity index is 2.00. The number of hydrogen-bond donors (Lipinski definition) is 1. The zero-order valence-corrected chi connectivity index (χ0v) is 16.9. The topological polar surface area (TPSA) is 92.8 Å². The maximum atomic E-state index is 12.9. The number of nitrogens with zero attached hydrogens (tertiary/aromatic N) is 1. The number of imide groups is 2. The van der Waals surface area contributed by atoms with E-state index in [9.17, 15) is 19.2 Å². The second-order valence-electron chi connectivity index (χ2n) is 5.80. The van der Waals surface area contributed by atoms with Crippen molar-refractivity contribution < 1.29 is 23.9 Å². The van der Waals surface area contributed by atoms with E-state index in [-0.39, 0.29) is 17.7 Å². The maximum absolute atomic E-state index is 12.9. The molecule has 0 aliphatic carbocycles. The molecule has 0 aromatic heterocycles. The first-order valence-electron chi connectivity index (χ1n) is 8.37. The molecule has 0 saturated carbocycles. The molecular weight excluding hydrogens is 475 g/mol. The highest BCUT2D eigenvalue weighted by atomic mass is 127. The summed E-state index contributed by atoms with van der Waals surface area (Å²) in [4.78, 5) is 49.9. The molecule has 2 aromatic rings. The molecule has 0 unspecified atom stereocenters. The van der Waals surface area contributed by atoms with Crippen molar-refractivity contribution in [1.29, 1.82) is 0 Å². The van der Waals surface area contributed by atoms with Crippen molar-refractivity contribution in [2.24, 2.45) is 0 Å². The fourth-order valence-electron chi connectivity index (χ4n) is 2.53. The average Bonchev–Trinajstić information content (AvgIpc) is 2.67. The largest absolute Gasteiger partial charge is 0.426 e. The molecule has 1 fully saturated rings. The van der Waals surface area contributed by atoms with Crippen LogP contribution in [0.15, 0.2) is 54.1 Å². The molecule has 3 rings (SSSR count). The van der Waals surface area contributed by atoms with Crippen molar-refractivity contribution in [3.05, 3.63) is 63.2 Å². The number of urea groups is 1. The summed E-state index contributed by atoms with van der Waals surface area (Å²) in [7, 11) is 0. The van der Waals surface area contributed by atoms with E-state index in [0.29, 0.717) is 11.3 Å². The van der Waals surface area contributed by atoms with Gasteiger partial charge in [0.15, 0.2) is 0 Å². The molecule has 1 N–H and O–H groups in total. The Hall–Kier alpha value is -3.01. The molecule has 0 radical (unpaired) electrons. The number of esters is 1. The number of nitrogens with one attached hydrogen (secondary N) is 1. The van der Waals surface area contributed by atoms with Gasteiger partial charge in [0.1, 0.15) is 11.3 Å². The zero-order valence-electron chi connectivity index (χ0n) is 14.8. The molecule has 0 spiro atoms. The number of halogens is 1. The van der Waals surface area contributed by atoms with Crippen molar-refractivity contribution in [2.75, 3.05) is 4.90 Å². The van der Waals surface area contributed by atoms with Gasteiger partial charge in [-0.1, -0.05) is 25.1 Å². The summed E-state index contributed by atoms with van der Waals surface area (Å²) in [5, 5.41) is 2.16. The second kappa shape index (κ2) is 8.34. The van der Waals surface area contributed by atoms with Crippen LogP contribution in [0.2, 0.25) is 0 Å². The smallest absolute Gasteiger partial charge is 0.335 e. The van der Waals surface area contributed by atoms with Crippen molar-refractivity contribution in [3.63, 3.8) is 0 Å².